The lowest BCUT2D eigenvalue weighted by atomic mass is 10.1. The third kappa shape index (κ3) is 3.07. The van der Waals surface area contributed by atoms with Crippen molar-refractivity contribution < 1.29 is 0 Å². The van der Waals surface area contributed by atoms with Gasteiger partial charge in [-0.3, -0.25) is 0 Å². The van der Waals surface area contributed by atoms with E-state index in [1.165, 1.54) is 4.88 Å². The summed E-state index contributed by atoms with van der Waals surface area (Å²) in [6.07, 6.45) is 2.93. The molecule has 1 atom stereocenters. The first-order chi connectivity index (χ1) is 8.20. The molecule has 0 saturated carbocycles. The standard InChI is InChI=1S/C13H15BrN2S/c1-3-11(12-5-4-6-17-12)16-10-7-9(2)13(14)15-8-10/h4-8,11,16H,3H2,1-2H3. The van der Waals surface area contributed by atoms with E-state index in [4.69, 9.17) is 0 Å². The number of thiophene rings is 1. The fourth-order valence-electron chi connectivity index (χ4n) is 1.70. The van der Waals surface area contributed by atoms with E-state index in [0.29, 0.717) is 6.04 Å². The number of aromatic nitrogens is 1. The number of hydrogen-bond acceptors (Lipinski definition) is 3. The highest BCUT2D eigenvalue weighted by molar-refractivity contribution is 9.10. The van der Waals surface area contributed by atoms with Gasteiger partial charge in [0.15, 0.2) is 0 Å². The molecule has 2 nitrogen and oxygen atoms in total. The molecule has 0 aliphatic carbocycles. The highest BCUT2D eigenvalue weighted by Gasteiger charge is 2.10. The van der Waals surface area contributed by atoms with Crippen LogP contribution in [0.2, 0.25) is 0 Å². The van der Waals surface area contributed by atoms with Crippen LogP contribution in [0.25, 0.3) is 0 Å². The normalized spacial score (nSPS) is 12.4. The highest BCUT2D eigenvalue weighted by atomic mass is 79.9. The van der Waals surface area contributed by atoms with Gasteiger partial charge in [0, 0.05) is 4.88 Å². The van der Waals surface area contributed by atoms with Gasteiger partial charge in [-0.15, -0.1) is 11.3 Å². The predicted molar refractivity (Wildman–Crippen MR) is 77.6 cm³/mol. The molecule has 0 radical (unpaired) electrons. The summed E-state index contributed by atoms with van der Waals surface area (Å²) >= 11 is 5.20. The minimum absolute atomic E-state index is 0.373. The molecule has 1 N–H and O–H groups in total. The zero-order valence-corrected chi connectivity index (χ0v) is 12.3. The molecule has 0 aromatic carbocycles. The van der Waals surface area contributed by atoms with Gasteiger partial charge in [0.1, 0.15) is 4.60 Å². The Morgan fingerprint density at radius 2 is 2.35 bits per heavy atom. The zero-order valence-electron chi connectivity index (χ0n) is 9.90. The number of rotatable bonds is 4. The predicted octanol–water partition coefficient (Wildman–Crippen LogP) is 4.78. The molecule has 0 fully saturated rings. The number of pyridine rings is 1. The Hall–Kier alpha value is -0.870. The van der Waals surface area contributed by atoms with Crippen molar-refractivity contribution in [3.63, 3.8) is 0 Å². The van der Waals surface area contributed by atoms with Gasteiger partial charge in [-0.1, -0.05) is 13.0 Å². The van der Waals surface area contributed by atoms with Gasteiger partial charge in [-0.25, -0.2) is 4.98 Å². The van der Waals surface area contributed by atoms with Crippen LogP contribution in [-0.2, 0) is 0 Å². The monoisotopic (exact) mass is 310 g/mol. The summed E-state index contributed by atoms with van der Waals surface area (Å²) in [5.41, 5.74) is 2.22. The molecule has 0 aliphatic rings. The van der Waals surface area contributed by atoms with Crippen LogP contribution in [0, 0.1) is 6.92 Å². The average molecular weight is 311 g/mol. The lowest BCUT2D eigenvalue weighted by Crippen LogP contribution is -2.08. The number of nitrogens with zero attached hydrogens (tertiary/aromatic N) is 1. The van der Waals surface area contributed by atoms with E-state index in [9.17, 15) is 0 Å². The van der Waals surface area contributed by atoms with Gasteiger partial charge in [-0.2, -0.15) is 0 Å². The lowest BCUT2D eigenvalue weighted by Gasteiger charge is -2.17. The third-order valence-electron chi connectivity index (χ3n) is 2.65. The summed E-state index contributed by atoms with van der Waals surface area (Å²) in [5, 5.41) is 5.64. The molecule has 0 aliphatic heterocycles. The number of aryl methyl sites for hydroxylation is 1. The average Bonchev–Trinajstić information content (AvgIpc) is 2.84. The molecule has 0 saturated heterocycles. The molecule has 90 valence electrons. The molecule has 4 heteroatoms. The molecule has 1 unspecified atom stereocenters. The van der Waals surface area contributed by atoms with E-state index < -0.39 is 0 Å². The number of hydrogen-bond donors (Lipinski definition) is 1. The topological polar surface area (TPSA) is 24.9 Å². The van der Waals surface area contributed by atoms with E-state index in [1.807, 2.05) is 13.1 Å². The van der Waals surface area contributed by atoms with Crippen LogP contribution < -0.4 is 5.32 Å². The van der Waals surface area contributed by atoms with Gasteiger partial charge in [0.2, 0.25) is 0 Å². The molecular formula is C13H15BrN2S. The molecule has 17 heavy (non-hydrogen) atoms. The van der Waals surface area contributed by atoms with Crippen molar-refractivity contribution in [3.8, 4) is 0 Å². The summed E-state index contributed by atoms with van der Waals surface area (Å²) < 4.78 is 0.909. The second-order valence-corrected chi connectivity index (χ2v) is 5.68. The third-order valence-corrected chi connectivity index (χ3v) is 4.47. The van der Waals surface area contributed by atoms with Crippen LogP contribution in [0.3, 0.4) is 0 Å². The quantitative estimate of drug-likeness (QED) is 0.822. The first kappa shape index (κ1) is 12.6. The number of halogens is 1. The largest absolute Gasteiger partial charge is 0.376 e. The van der Waals surface area contributed by atoms with Gasteiger partial charge in [0.05, 0.1) is 17.9 Å². The van der Waals surface area contributed by atoms with Crippen LogP contribution in [0.1, 0.15) is 29.8 Å². The molecule has 0 bridgehead atoms. The van der Waals surface area contributed by atoms with Crippen molar-refractivity contribution in [1.29, 1.82) is 0 Å². The Kier molecular flexibility index (Phi) is 4.18. The Bertz CT molecular complexity index is 482. The second kappa shape index (κ2) is 5.65. The van der Waals surface area contributed by atoms with Crippen molar-refractivity contribution in [2.45, 2.75) is 26.3 Å². The first-order valence-electron chi connectivity index (χ1n) is 5.62. The molecular weight excluding hydrogens is 296 g/mol. The maximum absolute atomic E-state index is 4.30. The Morgan fingerprint density at radius 3 is 2.94 bits per heavy atom. The van der Waals surface area contributed by atoms with E-state index in [-0.39, 0.29) is 0 Å². The van der Waals surface area contributed by atoms with Gasteiger partial charge >= 0.3 is 0 Å². The number of anilines is 1. The van der Waals surface area contributed by atoms with Crippen LogP contribution in [0.15, 0.2) is 34.4 Å². The molecule has 2 aromatic rings. The van der Waals surface area contributed by atoms with Gasteiger partial charge in [-0.05, 0) is 52.4 Å². The summed E-state index contributed by atoms with van der Waals surface area (Å²) in [7, 11) is 0. The molecule has 0 spiro atoms. The lowest BCUT2D eigenvalue weighted by molar-refractivity contribution is 0.763. The van der Waals surface area contributed by atoms with E-state index in [2.05, 4.69) is 56.7 Å². The smallest absolute Gasteiger partial charge is 0.109 e. The SMILES string of the molecule is CCC(Nc1cnc(Br)c(C)c1)c1cccs1. The zero-order chi connectivity index (χ0) is 12.3. The fourth-order valence-corrected chi connectivity index (χ4v) is 2.78. The summed E-state index contributed by atoms with van der Waals surface area (Å²) in [4.78, 5) is 5.67. The molecule has 2 heterocycles. The fraction of sp³-hybridized carbons (Fsp3) is 0.308. The Morgan fingerprint density at radius 1 is 1.53 bits per heavy atom. The Labute approximate surface area is 114 Å². The van der Waals surface area contributed by atoms with Gasteiger partial charge in [0.25, 0.3) is 0 Å². The number of nitrogens with one attached hydrogen (secondary N) is 1. The minimum atomic E-state index is 0.373. The Balaban J connectivity index is 2.16. The van der Waals surface area contributed by atoms with Crippen molar-refractivity contribution in [1.82, 2.24) is 4.98 Å². The maximum Gasteiger partial charge on any atom is 0.109 e. The molecule has 2 aromatic heterocycles. The van der Waals surface area contributed by atoms with Crippen molar-refractivity contribution in [2.24, 2.45) is 0 Å². The van der Waals surface area contributed by atoms with Crippen molar-refractivity contribution in [2.75, 3.05) is 5.32 Å². The maximum atomic E-state index is 4.30. The van der Waals surface area contributed by atoms with Gasteiger partial charge < -0.3 is 5.32 Å². The minimum Gasteiger partial charge on any atom is -0.376 e. The van der Waals surface area contributed by atoms with E-state index >= 15 is 0 Å². The second-order valence-electron chi connectivity index (χ2n) is 3.95. The van der Waals surface area contributed by atoms with Crippen LogP contribution in [-0.4, -0.2) is 4.98 Å². The first-order valence-corrected chi connectivity index (χ1v) is 7.30. The molecule has 0 amide bonds. The van der Waals surface area contributed by atoms with E-state index in [0.717, 1.165) is 22.3 Å². The van der Waals surface area contributed by atoms with Crippen LogP contribution in [0.5, 0.6) is 0 Å². The van der Waals surface area contributed by atoms with E-state index in [1.54, 1.807) is 11.3 Å². The van der Waals surface area contributed by atoms with Crippen LogP contribution >= 0.6 is 27.3 Å². The van der Waals surface area contributed by atoms with Crippen molar-refractivity contribution >= 4 is 33.0 Å². The molecule has 2 rings (SSSR count). The highest BCUT2D eigenvalue weighted by Crippen LogP contribution is 2.27. The summed E-state index contributed by atoms with van der Waals surface area (Å²) in [6.45, 7) is 4.24. The van der Waals surface area contributed by atoms with Crippen LogP contribution in [0.4, 0.5) is 5.69 Å². The van der Waals surface area contributed by atoms with Crippen molar-refractivity contribution in [3.05, 3.63) is 44.8 Å². The summed E-state index contributed by atoms with van der Waals surface area (Å²) in [5.74, 6) is 0. The summed E-state index contributed by atoms with van der Waals surface area (Å²) in [6, 6.07) is 6.76.